The van der Waals surface area contributed by atoms with E-state index in [9.17, 15) is 4.79 Å². The third-order valence-corrected chi connectivity index (χ3v) is 3.27. The molecule has 0 radical (unpaired) electrons. The molecule has 3 nitrogen and oxygen atoms in total. The van der Waals surface area contributed by atoms with Crippen LogP contribution in [-0.4, -0.2) is 15.3 Å². The second-order valence-corrected chi connectivity index (χ2v) is 4.25. The molecule has 1 rings (SSSR count). The molecule has 13 heavy (non-hydrogen) atoms. The Hall–Kier alpha value is -0.0400. The number of rotatable bonds is 3. The minimum atomic E-state index is 0.0508. The molecule has 5 heteroatoms. The van der Waals surface area contributed by atoms with E-state index in [0.29, 0.717) is 10.1 Å². The van der Waals surface area contributed by atoms with Crippen LogP contribution in [0.2, 0.25) is 0 Å². The minimum Gasteiger partial charge on any atom is -0.298 e. The molecule has 0 fully saturated rings. The lowest BCUT2D eigenvalue weighted by Crippen LogP contribution is -2.24. The first-order valence-corrected chi connectivity index (χ1v) is 5.70. The standard InChI is InChI=1S/C8H11IN2OS/c1-6-7(9)8(12)11(5-10-6)3-2-4-13/h5,13H,2-4H2,1H3. The number of nitrogens with zero attached hydrogens (tertiary/aromatic N) is 2. The van der Waals surface area contributed by atoms with Crippen molar-refractivity contribution < 1.29 is 0 Å². The van der Waals surface area contributed by atoms with Crippen molar-refractivity contribution >= 4 is 35.2 Å². The summed E-state index contributed by atoms with van der Waals surface area (Å²) in [6, 6.07) is 0. The maximum atomic E-state index is 11.6. The molecule has 72 valence electrons. The van der Waals surface area contributed by atoms with Gasteiger partial charge in [0.1, 0.15) is 0 Å². The van der Waals surface area contributed by atoms with Crippen molar-refractivity contribution in [3.05, 3.63) is 25.9 Å². The molecule has 0 unspecified atom stereocenters. The molecule has 0 saturated heterocycles. The summed E-state index contributed by atoms with van der Waals surface area (Å²) in [6.45, 7) is 2.54. The summed E-state index contributed by atoms with van der Waals surface area (Å²) in [6.07, 6.45) is 2.49. The predicted octanol–water partition coefficient (Wildman–Crippen LogP) is 1.48. The van der Waals surface area contributed by atoms with Crippen molar-refractivity contribution in [3.8, 4) is 0 Å². The summed E-state index contributed by atoms with van der Waals surface area (Å²) in [5.41, 5.74) is 0.850. The van der Waals surface area contributed by atoms with Gasteiger partial charge in [-0.15, -0.1) is 0 Å². The molecule has 0 spiro atoms. The molecule has 0 aromatic carbocycles. The van der Waals surface area contributed by atoms with Gasteiger partial charge in [-0.1, -0.05) is 0 Å². The molecule has 0 saturated carbocycles. The number of hydrogen-bond acceptors (Lipinski definition) is 3. The SMILES string of the molecule is Cc1ncn(CCCS)c(=O)c1I. The van der Waals surface area contributed by atoms with Crippen molar-refractivity contribution in [2.45, 2.75) is 19.9 Å². The Bertz CT molecular complexity index is 350. The lowest BCUT2D eigenvalue weighted by atomic mass is 10.4. The summed E-state index contributed by atoms with van der Waals surface area (Å²) in [4.78, 5) is 15.7. The van der Waals surface area contributed by atoms with Gasteiger partial charge in [-0.25, -0.2) is 4.98 Å². The quantitative estimate of drug-likeness (QED) is 0.678. The number of aryl methyl sites for hydroxylation is 2. The van der Waals surface area contributed by atoms with Crippen molar-refractivity contribution in [2.75, 3.05) is 5.75 Å². The van der Waals surface area contributed by atoms with Crippen LogP contribution in [0.15, 0.2) is 11.1 Å². The maximum Gasteiger partial charge on any atom is 0.266 e. The van der Waals surface area contributed by atoms with Gasteiger partial charge in [0.25, 0.3) is 5.56 Å². The average molecular weight is 310 g/mol. The number of thiol groups is 1. The Morgan fingerprint density at radius 3 is 3.00 bits per heavy atom. The van der Waals surface area contributed by atoms with Gasteiger partial charge < -0.3 is 0 Å². The van der Waals surface area contributed by atoms with E-state index < -0.39 is 0 Å². The van der Waals surface area contributed by atoms with Crippen LogP contribution >= 0.6 is 35.2 Å². The first-order chi connectivity index (χ1) is 6.16. The van der Waals surface area contributed by atoms with E-state index in [1.165, 1.54) is 0 Å². The topological polar surface area (TPSA) is 34.9 Å². The molecule has 1 heterocycles. The van der Waals surface area contributed by atoms with Crippen LogP contribution in [0.1, 0.15) is 12.1 Å². The zero-order chi connectivity index (χ0) is 9.84. The van der Waals surface area contributed by atoms with Crippen molar-refractivity contribution in [2.24, 2.45) is 0 Å². The van der Waals surface area contributed by atoms with Gasteiger partial charge in [0.05, 0.1) is 15.6 Å². The fourth-order valence-corrected chi connectivity index (χ4v) is 1.54. The second kappa shape index (κ2) is 4.99. The smallest absolute Gasteiger partial charge is 0.266 e. The molecule has 0 aliphatic rings. The van der Waals surface area contributed by atoms with Gasteiger partial charge >= 0.3 is 0 Å². The Balaban J connectivity index is 2.97. The van der Waals surface area contributed by atoms with Crippen LogP contribution in [0.4, 0.5) is 0 Å². The minimum absolute atomic E-state index is 0.0508. The lowest BCUT2D eigenvalue weighted by Gasteiger charge is -2.04. The van der Waals surface area contributed by atoms with Gasteiger partial charge in [-0.05, 0) is 41.7 Å². The average Bonchev–Trinajstić information content (AvgIpc) is 2.13. The molecule has 0 atom stereocenters. The first kappa shape index (κ1) is 11.0. The molecule has 0 amide bonds. The molecule has 0 N–H and O–H groups in total. The molecule has 1 aromatic heterocycles. The molecule has 0 aliphatic heterocycles. The van der Waals surface area contributed by atoms with Crippen molar-refractivity contribution in [1.29, 1.82) is 0 Å². The Kier molecular flexibility index (Phi) is 4.24. The third-order valence-electron chi connectivity index (χ3n) is 1.71. The fourth-order valence-electron chi connectivity index (χ4n) is 0.947. The van der Waals surface area contributed by atoms with E-state index >= 15 is 0 Å². The first-order valence-electron chi connectivity index (χ1n) is 3.99. The third kappa shape index (κ3) is 2.70. The van der Waals surface area contributed by atoms with Crippen LogP contribution in [0.25, 0.3) is 0 Å². The highest BCUT2D eigenvalue weighted by molar-refractivity contribution is 14.1. The van der Waals surface area contributed by atoms with E-state index in [4.69, 9.17) is 0 Å². The van der Waals surface area contributed by atoms with Gasteiger partial charge in [0.2, 0.25) is 0 Å². The summed E-state index contributed by atoms with van der Waals surface area (Å²) < 4.78 is 2.34. The lowest BCUT2D eigenvalue weighted by molar-refractivity contribution is 0.638. The van der Waals surface area contributed by atoms with Crippen LogP contribution in [0.5, 0.6) is 0 Å². The van der Waals surface area contributed by atoms with E-state index in [2.05, 4.69) is 17.6 Å². The van der Waals surface area contributed by atoms with Gasteiger partial charge in [0.15, 0.2) is 0 Å². The summed E-state index contributed by atoms with van der Waals surface area (Å²) in [7, 11) is 0. The zero-order valence-electron chi connectivity index (χ0n) is 7.33. The van der Waals surface area contributed by atoms with Crippen molar-refractivity contribution in [3.63, 3.8) is 0 Å². The normalized spacial score (nSPS) is 10.4. The maximum absolute atomic E-state index is 11.6. The molecular weight excluding hydrogens is 299 g/mol. The molecular formula is C8H11IN2OS. The fraction of sp³-hybridized carbons (Fsp3) is 0.500. The summed E-state index contributed by atoms with van der Waals surface area (Å²) in [5, 5.41) is 0. The number of halogens is 1. The highest BCUT2D eigenvalue weighted by Gasteiger charge is 2.03. The highest BCUT2D eigenvalue weighted by Crippen LogP contribution is 2.01. The van der Waals surface area contributed by atoms with E-state index in [0.717, 1.165) is 17.9 Å². The Labute approximate surface area is 96.1 Å². The molecule has 0 aliphatic carbocycles. The van der Waals surface area contributed by atoms with E-state index in [-0.39, 0.29) is 5.56 Å². The van der Waals surface area contributed by atoms with Crippen molar-refractivity contribution in [1.82, 2.24) is 9.55 Å². The Morgan fingerprint density at radius 2 is 2.38 bits per heavy atom. The van der Waals surface area contributed by atoms with E-state index in [1.807, 2.05) is 29.5 Å². The largest absolute Gasteiger partial charge is 0.298 e. The van der Waals surface area contributed by atoms with Crippen LogP contribution in [0, 0.1) is 10.5 Å². The van der Waals surface area contributed by atoms with Crippen LogP contribution in [0.3, 0.4) is 0 Å². The van der Waals surface area contributed by atoms with Gasteiger partial charge in [0, 0.05) is 6.54 Å². The Morgan fingerprint density at radius 1 is 1.69 bits per heavy atom. The zero-order valence-corrected chi connectivity index (χ0v) is 10.4. The van der Waals surface area contributed by atoms with E-state index in [1.54, 1.807) is 10.9 Å². The van der Waals surface area contributed by atoms with Gasteiger partial charge in [-0.2, -0.15) is 12.6 Å². The number of aromatic nitrogens is 2. The second-order valence-electron chi connectivity index (χ2n) is 2.72. The number of hydrogen-bond donors (Lipinski definition) is 1. The van der Waals surface area contributed by atoms with Crippen LogP contribution < -0.4 is 5.56 Å². The molecule has 0 bridgehead atoms. The predicted molar refractivity (Wildman–Crippen MR) is 64.4 cm³/mol. The summed E-state index contributed by atoms with van der Waals surface area (Å²) in [5.74, 6) is 0.789. The summed E-state index contributed by atoms with van der Waals surface area (Å²) >= 11 is 6.12. The highest BCUT2D eigenvalue weighted by atomic mass is 127. The van der Waals surface area contributed by atoms with Crippen LogP contribution in [-0.2, 0) is 6.54 Å². The monoisotopic (exact) mass is 310 g/mol. The molecule has 1 aromatic rings. The van der Waals surface area contributed by atoms with Gasteiger partial charge in [-0.3, -0.25) is 9.36 Å².